The highest BCUT2D eigenvalue weighted by Gasteiger charge is 2.21. The molecule has 0 amide bonds. The normalized spacial score (nSPS) is 12.1. The zero-order valence-corrected chi connectivity index (χ0v) is 17.2. The van der Waals surface area contributed by atoms with E-state index < -0.39 is 9.05 Å². The molecule has 0 fully saturated rings. The van der Waals surface area contributed by atoms with Crippen LogP contribution in [0.5, 0.6) is 5.75 Å². The number of fused-ring (bicyclic) bond motifs is 3. The molecule has 10 nitrogen and oxygen atoms in total. The monoisotopic (exact) mass is 436 g/mol. The number of nitrogens with zero attached hydrogens (tertiary/aromatic N) is 5. The molecule has 1 aromatic carbocycles. The maximum atomic E-state index is 12.8. The van der Waals surface area contributed by atoms with E-state index in [0.717, 1.165) is 6.42 Å². The molecule has 0 bridgehead atoms. The van der Waals surface area contributed by atoms with Crippen LogP contribution in [0.1, 0.15) is 20.3 Å². The lowest BCUT2D eigenvalue weighted by Gasteiger charge is -2.09. The Morgan fingerprint density at radius 3 is 2.72 bits per heavy atom. The van der Waals surface area contributed by atoms with Crippen molar-refractivity contribution in [1.29, 1.82) is 0 Å². The fraction of sp³-hybridized carbons (Fsp3) is 0.294. The Hall–Kier alpha value is -2.92. The number of hydrogen-bond acceptors (Lipinski definition) is 7. The van der Waals surface area contributed by atoms with Crippen molar-refractivity contribution in [2.45, 2.75) is 31.7 Å². The Morgan fingerprint density at radius 2 is 2.03 bits per heavy atom. The number of nitrogens with one attached hydrogen (secondary N) is 1. The number of imidazole rings is 1. The summed E-state index contributed by atoms with van der Waals surface area (Å²) in [5.74, 6) is 0.753. The highest BCUT2D eigenvalue weighted by atomic mass is 35.7. The SMILES string of the molecule is CCCn1c(=O)n2cnnc2c2[nH]c(-c3cc(S(=O)(=O)Cl)ccc3OCC)nc21. The molecule has 0 aliphatic carbocycles. The Morgan fingerprint density at radius 1 is 1.24 bits per heavy atom. The second-order valence-corrected chi connectivity index (χ2v) is 8.84. The average molecular weight is 437 g/mol. The van der Waals surface area contributed by atoms with E-state index in [4.69, 9.17) is 15.4 Å². The Balaban J connectivity index is 2.05. The van der Waals surface area contributed by atoms with Gasteiger partial charge in [0, 0.05) is 17.2 Å². The molecular weight excluding hydrogens is 420 g/mol. The second kappa shape index (κ2) is 7.16. The molecule has 4 aromatic rings. The van der Waals surface area contributed by atoms with E-state index in [1.165, 1.54) is 33.5 Å². The lowest BCUT2D eigenvalue weighted by molar-refractivity contribution is 0.341. The zero-order chi connectivity index (χ0) is 20.8. The highest BCUT2D eigenvalue weighted by Crippen LogP contribution is 2.33. The molecule has 0 spiro atoms. The molecule has 0 saturated carbocycles. The standard InChI is InChI=1S/C17H17ClN6O4S/c1-3-7-23-15-13(16-22-19-9-24(16)17(23)25)20-14(21-15)11-8-10(29(18,26)27)5-6-12(11)28-4-2/h5-6,8-9H,3-4,7H2,1-2H3,(H,20,21). The van der Waals surface area contributed by atoms with Gasteiger partial charge in [-0.25, -0.2) is 22.6 Å². The van der Waals surface area contributed by atoms with E-state index in [-0.39, 0.29) is 10.6 Å². The van der Waals surface area contributed by atoms with Crippen LogP contribution in [0, 0.1) is 0 Å². The first kappa shape index (κ1) is 19.4. The molecule has 3 aromatic heterocycles. The third-order valence-electron chi connectivity index (χ3n) is 4.38. The number of aromatic amines is 1. The van der Waals surface area contributed by atoms with E-state index in [1.807, 2.05) is 13.8 Å². The van der Waals surface area contributed by atoms with Crippen LogP contribution >= 0.6 is 10.7 Å². The minimum absolute atomic E-state index is 0.0864. The molecule has 4 rings (SSSR count). The Labute approximate surface area is 169 Å². The van der Waals surface area contributed by atoms with Gasteiger partial charge in [0.1, 0.15) is 23.4 Å². The van der Waals surface area contributed by atoms with Crippen LogP contribution in [-0.4, -0.2) is 44.2 Å². The first-order chi connectivity index (χ1) is 13.8. The number of ether oxygens (including phenoxy) is 1. The van der Waals surface area contributed by atoms with Gasteiger partial charge >= 0.3 is 5.69 Å². The Kier molecular flexibility index (Phi) is 4.79. The van der Waals surface area contributed by atoms with Crippen molar-refractivity contribution < 1.29 is 13.2 Å². The van der Waals surface area contributed by atoms with Gasteiger partial charge in [0.05, 0.1) is 17.1 Å². The minimum atomic E-state index is -3.95. The predicted octanol–water partition coefficient (Wildman–Crippen LogP) is 2.17. The first-order valence-electron chi connectivity index (χ1n) is 8.89. The van der Waals surface area contributed by atoms with Crippen LogP contribution in [0.15, 0.2) is 34.2 Å². The van der Waals surface area contributed by atoms with Gasteiger partial charge in [0.25, 0.3) is 9.05 Å². The van der Waals surface area contributed by atoms with E-state index in [1.54, 1.807) is 0 Å². The molecule has 12 heteroatoms. The van der Waals surface area contributed by atoms with Crippen LogP contribution in [0.3, 0.4) is 0 Å². The summed E-state index contributed by atoms with van der Waals surface area (Å²) in [7, 11) is 1.56. The fourth-order valence-corrected chi connectivity index (χ4v) is 3.94. The summed E-state index contributed by atoms with van der Waals surface area (Å²) in [5, 5.41) is 7.83. The van der Waals surface area contributed by atoms with Gasteiger partial charge in [-0.1, -0.05) is 6.92 Å². The highest BCUT2D eigenvalue weighted by molar-refractivity contribution is 8.13. The van der Waals surface area contributed by atoms with Crippen LogP contribution in [0.25, 0.3) is 28.2 Å². The molecule has 0 atom stereocenters. The van der Waals surface area contributed by atoms with Gasteiger partial charge in [-0.3, -0.25) is 4.57 Å². The van der Waals surface area contributed by atoms with Crippen LogP contribution in [0.2, 0.25) is 0 Å². The summed E-state index contributed by atoms with van der Waals surface area (Å²) in [6.07, 6.45) is 2.06. The zero-order valence-electron chi connectivity index (χ0n) is 15.6. The Bertz CT molecular complexity index is 1390. The summed E-state index contributed by atoms with van der Waals surface area (Å²) in [5.41, 5.74) is 1.33. The van der Waals surface area contributed by atoms with Gasteiger partial charge in [-0.15, -0.1) is 10.2 Å². The third kappa shape index (κ3) is 3.25. The lowest BCUT2D eigenvalue weighted by atomic mass is 10.2. The van der Waals surface area contributed by atoms with Crippen molar-refractivity contribution in [3.63, 3.8) is 0 Å². The minimum Gasteiger partial charge on any atom is -0.493 e. The third-order valence-corrected chi connectivity index (χ3v) is 5.74. The average Bonchev–Trinajstić information content (AvgIpc) is 3.32. The van der Waals surface area contributed by atoms with Crippen LogP contribution in [-0.2, 0) is 15.6 Å². The first-order valence-corrected chi connectivity index (χ1v) is 11.2. The molecular formula is C17H17ClN6O4S. The van der Waals surface area contributed by atoms with Crippen molar-refractivity contribution in [1.82, 2.24) is 29.1 Å². The predicted molar refractivity (Wildman–Crippen MR) is 107 cm³/mol. The van der Waals surface area contributed by atoms with Crippen molar-refractivity contribution in [3.05, 3.63) is 35.0 Å². The molecule has 1 N–H and O–H groups in total. The summed E-state index contributed by atoms with van der Waals surface area (Å²) < 4.78 is 32.1. The summed E-state index contributed by atoms with van der Waals surface area (Å²) in [6, 6.07) is 4.27. The molecule has 0 unspecified atom stereocenters. The van der Waals surface area contributed by atoms with Gasteiger partial charge in [-0.2, -0.15) is 0 Å². The molecule has 0 radical (unpaired) electrons. The number of aryl methyl sites for hydroxylation is 1. The summed E-state index contributed by atoms with van der Waals surface area (Å²) >= 11 is 0. The summed E-state index contributed by atoms with van der Waals surface area (Å²) in [4.78, 5) is 20.4. The van der Waals surface area contributed by atoms with Crippen molar-refractivity contribution >= 4 is 36.5 Å². The quantitative estimate of drug-likeness (QED) is 0.459. The maximum absolute atomic E-state index is 12.8. The van der Waals surface area contributed by atoms with E-state index in [2.05, 4.69) is 20.2 Å². The number of aromatic nitrogens is 6. The number of hydrogen-bond donors (Lipinski definition) is 1. The van der Waals surface area contributed by atoms with Gasteiger partial charge in [0.15, 0.2) is 11.3 Å². The molecule has 3 heterocycles. The molecule has 0 aliphatic rings. The topological polar surface area (TPSA) is 124 Å². The molecule has 0 aliphatic heterocycles. The van der Waals surface area contributed by atoms with Gasteiger partial charge in [0.2, 0.25) is 0 Å². The van der Waals surface area contributed by atoms with Gasteiger partial charge in [-0.05, 0) is 31.5 Å². The molecule has 152 valence electrons. The van der Waals surface area contributed by atoms with Gasteiger partial charge < -0.3 is 9.72 Å². The van der Waals surface area contributed by atoms with Crippen molar-refractivity contribution in [3.8, 4) is 17.1 Å². The second-order valence-electron chi connectivity index (χ2n) is 6.27. The van der Waals surface area contributed by atoms with Crippen LogP contribution < -0.4 is 10.4 Å². The van der Waals surface area contributed by atoms with E-state index >= 15 is 0 Å². The largest absolute Gasteiger partial charge is 0.493 e. The summed E-state index contributed by atoms with van der Waals surface area (Å²) in [6.45, 7) is 4.58. The van der Waals surface area contributed by atoms with E-state index in [9.17, 15) is 13.2 Å². The number of benzene rings is 1. The van der Waals surface area contributed by atoms with Crippen LogP contribution in [0.4, 0.5) is 0 Å². The molecule has 0 saturated heterocycles. The van der Waals surface area contributed by atoms with Crippen molar-refractivity contribution in [2.24, 2.45) is 0 Å². The van der Waals surface area contributed by atoms with E-state index in [0.29, 0.717) is 47.1 Å². The number of rotatable bonds is 6. The fourth-order valence-electron chi connectivity index (χ4n) is 3.16. The smallest absolute Gasteiger partial charge is 0.336 e. The number of H-pyrrole nitrogens is 1. The lowest BCUT2D eigenvalue weighted by Crippen LogP contribution is -2.26. The maximum Gasteiger partial charge on any atom is 0.336 e. The van der Waals surface area contributed by atoms with Crippen molar-refractivity contribution in [2.75, 3.05) is 6.61 Å². The number of halogens is 1. The molecule has 29 heavy (non-hydrogen) atoms.